The topological polar surface area (TPSA) is 52.4 Å². The van der Waals surface area contributed by atoms with Crippen LogP contribution in [0.1, 0.15) is 31.9 Å². The van der Waals surface area contributed by atoms with E-state index in [1.807, 2.05) is 6.92 Å². The summed E-state index contributed by atoms with van der Waals surface area (Å²) >= 11 is 0. The minimum atomic E-state index is -0.385. The summed E-state index contributed by atoms with van der Waals surface area (Å²) in [6.07, 6.45) is 1.02. The van der Waals surface area contributed by atoms with Crippen molar-refractivity contribution in [1.82, 2.24) is 0 Å². The predicted octanol–water partition coefficient (Wildman–Crippen LogP) is 3.88. The van der Waals surface area contributed by atoms with E-state index in [9.17, 15) is 10.1 Å². The summed E-state index contributed by atoms with van der Waals surface area (Å²) in [6, 6.07) is 6.64. The fourth-order valence-electron chi connectivity index (χ4n) is 2.58. The van der Waals surface area contributed by atoms with Crippen LogP contribution >= 0.6 is 0 Å². The van der Waals surface area contributed by atoms with Crippen LogP contribution in [0, 0.1) is 22.0 Å². The van der Waals surface area contributed by atoms with Crippen molar-refractivity contribution in [2.75, 3.05) is 6.61 Å². The highest BCUT2D eigenvalue weighted by Crippen LogP contribution is 2.39. The number of benzene rings is 1. The number of non-ortho nitro benzene ring substituents is 1. The first-order valence-corrected chi connectivity index (χ1v) is 6.50. The standard InChI is InChI=1S/C15H19NO3/c1-10(2)14-8-11(3)9-19-15(14)12-4-6-13(7-5-12)16(17)18/h4-7,11,14-15H,1,8-9H2,2-3H3/t11-,14-,15-/m0/s1. The number of nitrogens with zero attached hydrogens (tertiary/aromatic N) is 1. The van der Waals surface area contributed by atoms with Gasteiger partial charge in [0.15, 0.2) is 0 Å². The van der Waals surface area contributed by atoms with Gasteiger partial charge < -0.3 is 4.74 Å². The average Bonchev–Trinajstić information content (AvgIpc) is 2.38. The summed E-state index contributed by atoms with van der Waals surface area (Å²) in [5, 5.41) is 10.7. The van der Waals surface area contributed by atoms with Gasteiger partial charge in [-0.1, -0.05) is 19.1 Å². The molecule has 0 radical (unpaired) electrons. The molecule has 0 aliphatic carbocycles. The van der Waals surface area contributed by atoms with Gasteiger partial charge in [-0.3, -0.25) is 10.1 Å². The maximum Gasteiger partial charge on any atom is 0.269 e. The zero-order valence-electron chi connectivity index (χ0n) is 11.3. The average molecular weight is 261 g/mol. The smallest absolute Gasteiger partial charge is 0.269 e. The van der Waals surface area contributed by atoms with Crippen LogP contribution in [0.15, 0.2) is 36.4 Å². The largest absolute Gasteiger partial charge is 0.373 e. The van der Waals surface area contributed by atoms with E-state index in [0.717, 1.165) is 24.2 Å². The molecule has 1 aromatic carbocycles. The monoisotopic (exact) mass is 261 g/mol. The molecule has 0 unspecified atom stereocenters. The van der Waals surface area contributed by atoms with Gasteiger partial charge in [-0.15, -0.1) is 0 Å². The first-order valence-electron chi connectivity index (χ1n) is 6.50. The molecule has 4 nitrogen and oxygen atoms in total. The molecule has 0 N–H and O–H groups in total. The van der Waals surface area contributed by atoms with Gasteiger partial charge in [0, 0.05) is 18.1 Å². The van der Waals surface area contributed by atoms with Gasteiger partial charge in [0.1, 0.15) is 0 Å². The fraction of sp³-hybridized carbons (Fsp3) is 0.467. The second-order valence-corrected chi connectivity index (χ2v) is 5.40. The minimum absolute atomic E-state index is 0.0329. The molecular weight excluding hydrogens is 242 g/mol. The minimum Gasteiger partial charge on any atom is -0.373 e. The first kappa shape index (κ1) is 13.7. The Labute approximate surface area is 113 Å². The highest BCUT2D eigenvalue weighted by Gasteiger charge is 2.31. The lowest BCUT2D eigenvalue weighted by molar-refractivity contribution is -0.384. The van der Waals surface area contributed by atoms with Gasteiger partial charge in [0.25, 0.3) is 5.69 Å². The molecule has 1 aliphatic heterocycles. The van der Waals surface area contributed by atoms with Gasteiger partial charge in [0.2, 0.25) is 0 Å². The molecular formula is C15H19NO3. The molecule has 102 valence electrons. The van der Waals surface area contributed by atoms with Crippen molar-refractivity contribution in [2.24, 2.45) is 11.8 Å². The molecule has 2 rings (SSSR count). The lowest BCUT2D eigenvalue weighted by Gasteiger charge is -2.35. The Bertz CT molecular complexity index is 481. The normalized spacial score (nSPS) is 26.9. The van der Waals surface area contributed by atoms with Crippen LogP contribution in [0.5, 0.6) is 0 Å². The van der Waals surface area contributed by atoms with Gasteiger partial charge in [-0.05, 0) is 37.0 Å². The number of rotatable bonds is 3. The Balaban J connectivity index is 2.23. The quantitative estimate of drug-likeness (QED) is 0.471. The molecule has 0 aromatic heterocycles. The van der Waals surface area contributed by atoms with E-state index in [2.05, 4.69) is 13.5 Å². The molecule has 4 heteroatoms. The maximum absolute atomic E-state index is 10.7. The Kier molecular flexibility index (Phi) is 4.00. The predicted molar refractivity (Wildman–Crippen MR) is 73.9 cm³/mol. The lowest BCUT2D eigenvalue weighted by atomic mass is 9.81. The van der Waals surface area contributed by atoms with Crippen LogP contribution in [0.2, 0.25) is 0 Å². The molecule has 1 fully saturated rings. The lowest BCUT2D eigenvalue weighted by Crippen LogP contribution is -2.28. The Hall–Kier alpha value is -1.68. The van der Waals surface area contributed by atoms with E-state index in [0.29, 0.717) is 5.92 Å². The van der Waals surface area contributed by atoms with Gasteiger partial charge >= 0.3 is 0 Å². The molecule has 0 spiro atoms. The van der Waals surface area contributed by atoms with Crippen molar-refractivity contribution in [3.63, 3.8) is 0 Å². The van der Waals surface area contributed by atoms with Gasteiger partial charge in [0.05, 0.1) is 17.6 Å². The van der Waals surface area contributed by atoms with Crippen LogP contribution < -0.4 is 0 Å². The van der Waals surface area contributed by atoms with Crippen molar-refractivity contribution < 1.29 is 9.66 Å². The molecule has 0 saturated carbocycles. The number of nitro groups is 1. The molecule has 3 atom stereocenters. The van der Waals surface area contributed by atoms with Crippen LogP contribution in [0.25, 0.3) is 0 Å². The third kappa shape index (κ3) is 3.01. The second kappa shape index (κ2) is 5.53. The van der Waals surface area contributed by atoms with E-state index >= 15 is 0 Å². The molecule has 1 heterocycles. The SMILES string of the molecule is C=C(C)[C@@H]1C[C@H](C)CO[C@H]1c1ccc([N+](=O)[O-])cc1. The summed E-state index contributed by atoms with van der Waals surface area (Å²) in [6.45, 7) is 8.96. The van der Waals surface area contributed by atoms with Crippen LogP contribution in [-0.2, 0) is 4.74 Å². The van der Waals surface area contributed by atoms with Crippen molar-refractivity contribution in [1.29, 1.82) is 0 Å². The van der Waals surface area contributed by atoms with E-state index in [1.54, 1.807) is 12.1 Å². The van der Waals surface area contributed by atoms with E-state index in [4.69, 9.17) is 4.74 Å². The van der Waals surface area contributed by atoms with Crippen molar-refractivity contribution in [3.05, 3.63) is 52.1 Å². The maximum atomic E-state index is 10.7. The number of nitro benzene ring substituents is 1. The first-order chi connectivity index (χ1) is 8.99. The summed E-state index contributed by atoms with van der Waals surface area (Å²) in [4.78, 5) is 10.3. The molecule has 0 amide bonds. The van der Waals surface area contributed by atoms with Crippen molar-refractivity contribution >= 4 is 5.69 Å². The summed E-state index contributed by atoms with van der Waals surface area (Å²) in [5.74, 6) is 0.807. The van der Waals surface area contributed by atoms with Crippen LogP contribution in [0.4, 0.5) is 5.69 Å². The van der Waals surface area contributed by atoms with E-state index < -0.39 is 0 Å². The van der Waals surface area contributed by atoms with Crippen molar-refractivity contribution in [2.45, 2.75) is 26.4 Å². The fourth-order valence-corrected chi connectivity index (χ4v) is 2.58. The van der Waals surface area contributed by atoms with E-state index in [1.165, 1.54) is 12.1 Å². The van der Waals surface area contributed by atoms with Crippen molar-refractivity contribution in [3.8, 4) is 0 Å². The van der Waals surface area contributed by atoms with Gasteiger partial charge in [-0.25, -0.2) is 0 Å². The Morgan fingerprint density at radius 3 is 2.58 bits per heavy atom. The highest BCUT2D eigenvalue weighted by atomic mass is 16.6. The van der Waals surface area contributed by atoms with E-state index in [-0.39, 0.29) is 22.6 Å². The third-order valence-electron chi connectivity index (χ3n) is 3.65. The molecule has 0 bridgehead atoms. The number of hydrogen-bond acceptors (Lipinski definition) is 3. The Morgan fingerprint density at radius 1 is 1.42 bits per heavy atom. The van der Waals surface area contributed by atoms with Gasteiger partial charge in [-0.2, -0.15) is 0 Å². The second-order valence-electron chi connectivity index (χ2n) is 5.40. The number of hydrogen-bond donors (Lipinski definition) is 0. The van der Waals surface area contributed by atoms with Crippen LogP contribution in [-0.4, -0.2) is 11.5 Å². The third-order valence-corrected chi connectivity index (χ3v) is 3.65. The summed E-state index contributed by atoms with van der Waals surface area (Å²) in [7, 11) is 0. The zero-order chi connectivity index (χ0) is 14.0. The van der Waals surface area contributed by atoms with Crippen LogP contribution in [0.3, 0.4) is 0 Å². The zero-order valence-corrected chi connectivity index (χ0v) is 11.3. The Morgan fingerprint density at radius 2 is 2.05 bits per heavy atom. The highest BCUT2D eigenvalue weighted by molar-refractivity contribution is 5.34. The molecule has 19 heavy (non-hydrogen) atoms. The molecule has 1 saturated heterocycles. The molecule has 1 aromatic rings. The summed E-state index contributed by atoms with van der Waals surface area (Å²) in [5.41, 5.74) is 2.21. The summed E-state index contributed by atoms with van der Waals surface area (Å²) < 4.78 is 5.92. The molecule has 1 aliphatic rings. The number of ether oxygens (including phenoxy) is 1.